The molecule has 0 saturated heterocycles. The van der Waals surface area contributed by atoms with E-state index in [0.29, 0.717) is 6.04 Å². The summed E-state index contributed by atoms with van der Waals surface area (Å²) in [5.74, 6) is 0. The second-order valence-corrected chi connectivity index (χ2v) is 8.73. The highest BCUT2D eigenvalue weighted by Gasteiger charge is 2.17. The first-order valence-electron chi connectivity index (χ1n) is 11.6. The summed E-state index contributed by atoms with van der Waals surface area (Å²) in [7, 11) is 0. The van der Waals surface area contributed by atoms with Gasteiger partial charge >= 0.3 is 0 Å². The van der Waals surface area contributed by atoms with E-state index in [1.807, 2.05) is 44.5 Å². The van der Waals surface area contributed by atoms with Gasteiger partial charge in [0, 0.05) is 29.6 Å². The zero-order chi connectivity index (χ0) is 22.8. The van der Waals surface area contributed by atoms with Gasteiger partial charge in [0.2, 0.25) is 0 Å². The third kappa shape index (κ3) is 4.33. The molecule has 8 heteroatoms. The van der Waals surface area contributed by atoms with Crippen molar-refractivity contribution >= 4 is 12.4 Å². The molecule has 166 valence electrons. The fourth-order valence-electron chi connectivity index (χ4n) is 4.29. The Bertz CT molecular complexity index is 1350. The summed E-state index contributed by atoms with van der Waals surface area (Å²) in [6.07, 6.45) is 14.9. The molecule has 0 aliphatic rings. The van der Waals surface area contributed by atoms with Crippen molar-refractivity contribution in [2.45, 2.75) is 45.9 Å². The van der Waals surface area contributed by atoms with Crippen molar-refractivity contribution in [3.05, 3.63) is 79.1 Å². The Morgan fingerprint density at radius 3 is 2.58 bits per heavy atom. The minimum Gasteiger partial charge on any atom is -0.317 e. The second kappa shape index (κ2) is 9.06. The highest BCUT2D eigenvalue weighted by molar-refractivity contribution is 6.54. The number of aromatic nitrogens is 7. The molecule has 1 unspecified atom stereocenters. The van der Waals surface area contributed by atoms with Crippen LogP contribution in [0.4, 0.5) is 0 Å². The van der Waals surface area contributed by atoms with Gasteiger partial charge in [-0.1, -0.05) is 56.1 Å². The van der Waals surface area contributed by atoms with Crippen LogP contribution < -0.4 is 0 Å². The van der Waals surface area contributed by atoms with Crippen molar-refractivity contribution < 1.29 is 0 Å². The summed E-state index contributed by atoms with van der Waals surface area (Å²) in [5.41, 5.74) is 5.95. The molecule has 5 aromatic rings. The normalized spacial score (nSPS) is 12.3. The fraction of sp³-hybridized carbons (Fsp3) is 0.280. The Morgan fingerprint density at radius 1 is 0.939 bits per heavy atom. The van der Waals surface area contributed by atoms with E-state index >= 15 is 0 Å². The van der Waals surface area contributed by atoms with Gasteiger partial charge in [-0.15, -0.1) is 0 Å². The maximum Gasteiger partial charge on any atom is 0.284 e. The first-order chi connectivity index (χ1) is 16.1. The molecule has 0 bridgehead atoms. The van der Waals surface area contributed by atoms with Crippen LogP contribution in [-0.4, -0.2) is 40.9 Å². The van der Waals surface area contributed by atoms with Crippen LogP contribution in [0, 0.1) is 0 Å². The fourth-order valence-corrected chi connectivity index (χ4v) is 4.29. The molecule has 4 heterocycles. The van der Waals surface area contributed by atoms with Crippen molar-refractivity contribution in [2.24, 2.45) is 0 Å². The number of rotatable bonds is 8. The monoisotopic (exact) mass is 437 g/mol. The maximum atomic E-state index is 5.02. The number of nitrogens with zero attached hydrogens (tertiary/aromatic N) is 7. The molecule has 0 spiro atoms. The van der Waals surface area contributed by atoms with Crippen LogP contribution in [0.5, 0.6) is 0 Å². The van der Waals surface area contributed by atoms with Gasteiger partial charge in [0.1, 0.15) is 0 Å². The van der Waals surface area contributed by atoms with Crippen molar-refractivity contribution in [3.8, 4) is 22.5 Å². The zero-order valence-corrected chi connectivity index (χ0v) is 19.3. The Labute approximate surface area is 194 Å². The van der Waals surface area contributed by atoms with Crippen LogP contribution in [0.25, 0.3) is 28.0 Å². The third-order valence-corrected chi connectivity index (χ3v) is 6.15. The predicted molar refractivity (Wildman–Crippen MR) is 132 cm³/mol. The molecule has 0 aliphatic carbocycles. The summed E-state index contributed by atoms with van der Waals surface area (Å²) in [5, 5.41) is 13.7. The number of hydrogen-bond donors (Lipinski definition) is 0. The van der Waals surface area contributed by atoms with E-state index < -0.39 is 0 Å². The lowest BCUT2D eigenvalue weighted by molar-refractivity contribution is 0.455. The van der Waals surface area contributed by atoms with Crippen LogP contribution in [0.1, 0.15) is 38.3 Å². The predicted octanol–water partition coefficient (Wildman–Crippen LogP) is 5.07. The Kier molecular flexibility index (Phi) is 5.81. The largest absolute Gasteiger partial charge is 0.317 e. The second-order valence-electron chi connectivity index (χ2n) is 8.73. The number of fused-ring (bicyclic) bond motifs is 1. The molecule has 0 amide bonds. The zero-order valence-electron chi connectivity index (χ0n) is 19.3. The van der Waals surface area contributed by atoms with Gasteiger partial charge in [-0.2, -0.15) is 15.3 Å². The van der Waals surface area contributed by atoms with Crippen molar-refractivity contribution in [3.63, 3.8) is 0 Å². The van der Waals surface area contributed by atoms with Crippen LogP contribution in [0.2, 0.25) is 6.82 Å². The Hall–Kier alpha value is -3.68. The van der Waals surface area contributed by atoms with Gasteiger partial charge < -0.3 is 4.59 Å². The smallest absolute Gasteiger partial charge is 0.284 e. The number of hydrogen-bond acceptors (Lipinski definition) is 4. The molecule has 1 atom stereocenters. The molecule has 5 rings (SSSR count). The van der Waals surface area contributed by atoms with E-state index in [1.54, 1.807) is 6.20 Å². The van der Waals surface area contributed by atoms with E-state index in [9.17, 15) is 0 Å². The van der Waals surface area contributed by atoms with Gasteiger partial charge in [-0.05, 0) is 25.7 Å². The van der Waals surface area contributed by atoms with Crippen LogP contribution >= 0.6 is 0 Å². The first-order valence-corrected chi connectivity index (χ1v) is 11.6. The lowest BCUT2D eigenvalue weighted by Crippen LogP contribution is -2.24. The molecule has 1 aromatic carbocycles. The highest BCUT2D eigenvalue weighted by atomic mass is 15.3. The minimum absolute atomic E-state index is 0.243. The van der Waals surface area contributed by atoms with Crippen molar-refractivity contribution in [1.82, 2.24) is 34.1 Å². The molecular formula is C25H28BN7. The van der Waals surface area contributed by atoms with Gasteiger partial charge in [-0.25, -0.2) is 9.50 Å². The van der Waals surface area contributed by atoms with Crippen LogP contribution in [0.3, 0.4) is 0 Å². The molecule has 0 fully saturated rings. The van der Waals surface area contributed by atoms with Crippen LogP contribution in [0.15, 0.2) is 73.6 Å². The van der Waals surface area contributed by atoms with Gasteiger partial charge in [-0.3, -0.25) is 4.68 Å². The van der Waals surface area contributed by atoms with Crippen molar-refractivity contribution in [1.29, 1.82) is 0 Å². The molecular weight excluding hydrogens is 409 g/mol. The first kappa shape index (κ1) is 21.2. The summed E-state index contributed by atoms with van der Waals surface area (Å²) >= 11 is 0. The van der Waals surface area contributed by atoms with Gasteiger partial charge in [0.05, 0.1) is 41.7 Å². The molecule has 0 radical (unpaired) electrons. The quantitative estimate of drug-likeness (QED) is 0.318. The molecule has 0 saturated carbocycles. The lowest BCUT2D eigenvalue weighted by Gasteiger charge is -2.10. The molecule has 0 N–H and O–H groups in total. The summed E-state index contributed by atoms with van der Waals surface area (Å²) in [6, 6.07) is 12.9. The minimum atomic E-state index is 0.243. The van der Waals surface area contributed by atoms with Crippen LogP contribution in [-0.2, 0) is 6.32 Å². The third-order valence-electron chi connectivity index (χ3n) is 6.15. The Morgan fingerprint density at radius 2 is 1.76 bits per heavy atom. The summed E-state index contributed by atoms with van der Waals surface area (Å²) < 4.78 is 5.93. The molecule has 0 aliphatic heterocycles. The molecule has 4 aromatic heterocycles. The van der Waals surface area contributed by atoms with E-state index in [2.05, 4.69) is 72.6 Å². The van der Waals surface area contributed by atoms with Gasteiger partial charge in [0.25, 0.3) is 6.85 Å². The molecule has 7 nitrogen and oxygen atoms in total. The average Bonchev–Trinajstić information content (AvgIpc) is 3.60. The van der Waals surface area contributed by atoms with E-state index in [4.69, 9.17) is 4.98 Å². The van der Waals surface area contributed by atoms with Gasteiger partial charge in [0.15, 0.2) is 0 Å². The van der Waals surface area contributed by atoms with Crippen molar-refractivity contribution in [2.75, 3.05) is 0 Å². The van der Waals surface area contributed by atoms with E-state index in [-0.39, 0.29) is 6.85 Å². The maximum absolute atomic E-state index is 5.02. The average molecular weight is 437 g/mol. The Balaban J connectivity index is 1.47. The number of benzene rings is 1. The highest BCUT2D eigenvalue weighted by Crippen LogP contribution is 2.27. The summed E-state index contributed by atoms with van der Waals surface area (Å²) in [6.45, 7) is 6.82. The summed E-state index contributed by atoms with van der Waals surface area (Å²) in [4.78, 5) is 5.02. The SMILES string of the molecule is CCCC(C)n1cc(-c2nc(-c3cnn(B(C)Cc4ccccc4)c3)cn3nccc23)cn1. The molecule has 33 heavy (non-hydrogen) atoms. The standard InChI is InChI=1S/C25H28BN7/c1-4-8-19(2)31-16-22(15-28-31)25-24-11-12-27-32(24)18-23(30-25)21-14-29-33(17-21)26(3)13-20-9-6-5-7-10-20/h5-7,9-12,14-19H,4,8,13H2,1-3H3. The lowest BCUT2D eigenvalue weighted by atomic mass is 9.60. The van der Waals surface area contributed by atoms with E-state index in [0.717, 1.165) is 47.2 Å². The topological polar surface area (TPSA) is 65.8 Å². The van der Waals surface area contributed by atoms with E-state index in [1.165, 1.54) is 5.56 Å².